The van der Waals surface area contributed by atoms with Gasteiger partial charge in [0.2, 0.25) is 0 Å². The number of primary amides is 1. The molecule has 1 saturated heterocycles. The monoisotopic (exact) mass is 449 g/mol. The second kappa shape index (κ2) is 6.58. The lowest BCUT2D eigenvalue weighted by atomic mass is 9.49. The molecule has 2 heterocycles. The number of aromatic hydroxyl groups is 1. The van der Waals surface area contributed by atoms with Gasteiger partial charge in [0.1, 0.15) is 11.3 Å². The minimum Gasteiger partial charge on any atom is -0.508 e. The highest BCUT2D eigenvalue weighted by Crippen LogP contribution is 2.57. The van der Waals surface area contributed by atoms with E-state index < -0.39 is 41.2 Å². The minimum absolute atomic E-state index is 0.0000120. The lowest BCUT2D eigenvalue weighted by molar-refractivity contribution is -0.196. The molecular weight excluding hydrogens is 427 g/mol. The molecule has 7 nitrogen and oxygen atoms in total. The van der Waals surface area contributed by atoms with Crippen molar-refractivity contribution in [3.8, 4) is 5.75 Å². The number of halogens is 3. The quantitative estimate of drug-likeness (QED) is 0.548. The van der Waals surface area contributed by atoms with E-state index in [1.807, 2.05) is 0 Å². The second-order valence-electron chi connectivity index (χ2n) is 9.14. The van der Waals surface area contributed by atoms with Crippen molar-refractivity contribution in [3.63, 3.8) is 0 Å². The summed E-state index contributed by atoms with van der Waals surface area (Å²) in [6.07, 6.45) is -3.91. The lowest BCUT2D eigenvalue weighted by Gasteiger charge is -2.63. The molecular formula is C22H22F3N3O4. The SMILES string of the molecule is NC(=O)c1cc2c([nH]c1=O)CC13CCN(CC(F)(F)F)C(Cc4ccc(O)cc41)C3(O)C2. The van der Waals surface area contributed by atoms with Gasteiger partial charge in [-0.05, 0) is 54.3 Å². The maximum Gasteiger partial charge on any atom is 0.401 e. The first-order valence-electron chi connectivity index (χ1n) is 10.3. The zero-order valence-corrected chi connectivity index (χ0v) is 17.0. The number of phenols is 1. The molecule has 1 amide bonds. The summed E-state index contributed by atoms with van der Waals surface area (Å²) in [6.45, 7) is -1.03. The molecule has 0 spiro atoms. The van der Waals surface area contributed by atoms with Crippen LogP contribution < -0.4 is 11.3 Å². The van der Waals surface area contributed by atoms with Gasteiger partial charge in [0, 0.05) is 30.0 Å². The Hall–Kier alpha value is -2.85. The third-order valence-electron chi connectivity index (χ3n) is 7.47. The van der Waals surface area contributed by atoms with E-state index in [0.29, 0.717) is 16.8 Å². The number of aliphatic hydroxyl groups is 1. The molecule has 3 aliphatic rings. The summed E-state index contributed by atoms with van der Waals surface area (Å²) in [5, 5.41) is 22.3. The van der Waals surface area contributed by atoms with E-state index in [4.69, 9.17) is 5.73 Å². The van der Waals surface area contributed by atoms with Crippen molar-refractivity contribution in [1.29, 1.82) is 0 Å². The third-order valence-corrected chi connectivity index (χ3v) is 7.47. The van der Waals surface area contributed by atoms with Crippen molar-refractivity contribution in [2.75, 3.05) is 13.1 Å². The lowest BCUT2D eigenvalue weighted by Crippen LogP contribution is -2.74. The van der Waals surface area contributed by atoms with Crippen molar-refractivity contribution >= 4 is 5.91 Å². The number of alkyl halides is 3. The van der Waals surface area contributed by atoms with E-state index in [0.717, 1.165) is 5.56 Å². The average molecular weight is 449 g/mol. The number of carbonyl (C=O) groups excluding carboxylic acids is 1. The Labute approximate surface area is 180 Å². The molecule has 0 radical (unpaired) electrons. The van der Waals surface area contributed by atoms with Crippen LogP contribution in [0.4, 0.5) is 13.2 Å². The zero-order valence-electron chi connectivity index (χ0n) is 17.0. The number of aromatic amines is 1. The fourth-order valence-electron chi connectivity index (χ4n) is 6.14. The van der Waals surface area contributed by atoms with E-state index >= 15 is 0 Å². The van der Waals surface area contributed by atoms with Gasteiger partial charge in [0.25, 0.3) is 11.5 Å². The Bertz CT molecular complexity index is 1190. The molecule has 0 saturated carbocycles. The van der Waals surface area contributed by atoms with Crippen LogP contribution in [0.1, 0.15) is 39.2 Å². The Morgan fingerprint density at radius 1 is 1.25 bits per heavy atom. The number of fused-ring (bicyclic) bond motifs is 2. The summed E-state index contributed by atoms with van der Waals surface area (Å²) in [5.41, 5.74) is 4.26. The highest BCUT2D eigenvalue weighted by atomic mass is 19.4. The Morgan fingerprint density at radius 2 is 2.00 bits per heavy atom. The molecule has 2 aliphatic carbocycles. The van der Waals surface area contributed by atoms with E-state index in [9.17, 15) is 33.0 Å². The van der Waals surface area contributed by atoms with E-state index in [2.05, 4.69) is 4.98 Å². The maximum atomic E-state index is 13.3. The van der Waals surface area contributed by atoms with Crippen LogP contribution in [0.25, 0.3) is 0 Å². The average Bonchev–Trinajstić information content (AvgIpc) is 2.67. The van der Waals surface area contributed by atoms with Gasteiger partial charge < -0.3 is 20.9 Å². The summed E-state index contributed by atoms with van der Waals surface area (Å²) in [6, 6.07) is 5.25. The molecule has 1 aliphatic heterocycles. The molecule has 2 aromatic rings. The summed E-state index contributed by atoms with van der Waals surface area (Å²) < 4.78 is 40.0. The number of piperidine rings is 1. The molecule has 32 heavy (non-hydrogen) atoms. The van der Waals surface area contributed by atoms with Crippen molar-refractivity contribution < 1.29 is 28.2 Å². The van der Waals surface area contributed by atoms with Crippen molar-refractivity contribution in [2.45, 2.75) is 48.9 Å². The summed E-state index contributed by atoms with van der Waals surface area (Å²) in [4.78, 5) is 28.0. The predicted octanol–water partition coefficient (Wildman–Crippen LogP) is 1.14. The number of hydrogen-bond donors (Lipinski definition) is 4. The number of nitrogens with two attached hydrogens (primary N) is 1. The first-order valence-corrected chi connectivity index (χ1v) is 10.3. The van der Waals surface area contributed by atoms with Gasteiger partial charge in [0.15, 0.2) is 0 Å². The van der Waals surface area contributed by atoms with Gasteiger partial charge >= 0.3 is 6.18 Å². The zero-order chi connectivity index (χ0) is 23.1. The van der Waals surface area contributed by atoms with Crippen LogP contribution in [0.15, 0.2) is 29.1 Å². The minimum atomic E-state index is -4.43. The predicted molar refractivity (Wildman–Crippen MR) is 107 cm³/mol. The number of H-pyrrole nitrogens is 1. The topological polar surface area (TPSA) is 120 Å². The summed E-state index contributed by atoms with van der Waals surface area (Å²) in [5.74, 6) is -0.917. The number of likely N-dealkylation sites (tertiary alicyclic amines) is 1. The Morgan fingerprint density at radius 3 is 2.69 bits per heavy atom. The molecule has 2 bridgehead atoms. The number of nitrogens with zero attached hydrogens (tertiary/aromatic N) is 1. The fraction of sp³-hybridized carbons (Fsp3) is 0.455. The van der Waals surface area contributed by atoms with Crippen LogP contribution in [0.5, 0.6) is 5.75 Å². The number of benzene rings is 1. The van der Waals surface area contributed by atoms with Gasteiger partial charge in [-0.2, -0.15) is 13.2 Å². The van der Waals surface area contributed by atoms with Crippen LogP contribution in [0.2, 0.25) is 0 Å². The largest absolute Gasteiger partial charge is 0.508 e. The van der Waals surface area contributed by atoms with Gasteiger partial charge in [-0.1, -0.05) is 6.07 Å². The molecule has 5 N–H and O–H groups in total. The number of hydrogen-bond acceptors (Lipinski definition) is 5. The van der Waals surface area contributed by atoms with Crippen LogP contribution in [0.3, 0.4) is 0 Å². The van der Waals surface area contributed by atoms with Crippen molar-refractivity contribution in [3.05, 3.63) is 62.6 Å². The molecule has 3 atom stereocenters. The molecule has 5 rings (SSSR count). The third kappa shape index (κ3) is 2.89. The standard InChI is InChI=1S/C22H22F3N3O4/c23-22(24,25)10-28-4-3-20-9-16-12(5-14(18(26)30)19(31)27-16)8-21(20,32)17(28)6-11-1-2-13(29)7-15(11)20/h1-2,5,7,17,29,32H,3-4,6,8-10H2,(H2,26,30)(H,27,31). The van der Waals surface area contributed by atoms with E-state index in [1.165, 1.54) is 17.0 Å². The highest BCUT2D eigenvalue weighted by molar-refractivity contribution is 5.92. The molecule has 1 fully saturated rings. The smallest absolute Gasteiger partial charge is 0.401 e. The van der Waals surface area contributed by atoms with E-state index in [-0.39, 0.29) is 43.5 Å². The summed E-state index contributed by atoms with van der Waals surface area (Å²) in [7, 11) is 0. The van der Waals surface area contributed by atoms with Crippen molar-refractivity contribution in [2.24, 2.45) is 5.73 Å². The second-order valence-corrected chi connectivity index (χ2v) is 9.14. The summed E-state index contributed by atoms with van der Waals surface area (Å²) >= 11 is 0. The van der Waals surface area contributed by atoms with Crippen LogP contribution in [-0.2, 0) is 24.7 Å². The van der Waals surface area contributed by atoms with Crippen molar-refractivity contribution in [1.82, 2.24) is 9.88 Å². The maximum absolute atomic E-state index is 13.3. The fourth-order valence-corrected chi connectivity index (χ4v) is 6.14. The van der Waals surface area contributed by atoms with Crippen LogP contribution >= 0.6 is 0 Å². The molecule has 170 valence electrons. The van der Waals surface area contributed by atoms with Gasteiger partial charge in [-0.3, -0.25) is 14.5 Å². The number of aromatic nitrogens is 1. The van der Waals surface area contributed by atoms with Crippen LogP contribution in [-0.4, -0.2) is 56.9 Å². The Kier molecular flexibility index (Phi) is 4.32. The number of rotatable bonds is 2. The number of carbonyl (C=O) groups is 1. The Balaban J connectivity index is 1.72. The van der Waals surface area contributed by atoms with E-state index in [1.54, 1.807) is 12.1 Å². The highest BCUT2D eigenvalue weighted by Gasteiger charge is 2.65. The first-order chi connectivity index (χ1) is 14.9. The molecule has 3 unspecified atom stereocenters. The molecule has 1 aromatic heterocycles. The number of amides is 1. The molecule has 10 heteroatoms. The first kappa shape index (κ1) is 21.0. The normalized spacial score (nSPS) is 29.1. The number of pyridine rings is 1. The number of nitrogens with one attached hydrogen (secondary N) is 1. The van der Waals surface area contributed by atoms with Crippen LogP contribution in [0, 0.1) is 0 Å². The van der Waals surface area contributed by atoms with Gasteiger partial charge in [0.05, 0.1) is 12.1 Å². The van der Waals surface area contributed by atoms with Gasteiger partial charge in [-0.15, -0.1) is 0 Å². The number of phenolic OH excluding ortho intramolecular Hbond substituents is 1. The van der Waals surface area contributed by atoms with Gasteiger partial charge in [-0.25, -0.2) is 0 Å². The molecule has 1 aromatic carbocycles.